The molecule has 0 aliphatic heterocycles. The zero-order valence-corrected chi connectivity index (χ0v) is 11.4. The lowest BCUT2D eigenvalue weighted by Gasteiger charge is -2.05. The van der Waals surface area contributed by atoms with Crippen LogP contribution in [0, 0.1) is 0 Å². The number of rotatable bonds is 5. The van der Waals surface area contributed by atoms with Crippen LogP contribution in [0.4, 0.5) is 0 Å². The van der Waals surface area contributed by atoms with Crippen molar-refractivity contribution in [3.63, 3.8) is 0 Å². The molecular weight excluding hydrogens is 280 g/mol. The van der Waals surface area contributed by atoms with E-state index in [1.54, 1.807) is 18.3 Å². The number of imidazole rings is 1. The number of sulfonamides is 1. The first-order valence-corrected chi connectivity index (χ1v) is 7.35. The van der Waals surface area contributed by atoms with Crippen LogP contribution in [-0.4, -0.2) is 24.3 Å². The van der Waals surface area contributed by atoms with Gasteiger partial charge in [0.25, 0.3) is 0 Å². The lowest BCUT2D eigenvalue weighted by Crippen LogP contribution is -2.24. The summed E-state index contributed by atoms with van der Waals surface area (Å²) in [4.78, 5) is 18.3. The van der Waals surface area contributed by atoms with Crippen molar-refractivity contribution in [2.24, 2.45) is 5.14 Å². The first-order valence-electron chi connectivity index (χ1n) is 5.81. The molecule has 1 heterocycles. The highest BCUT2D eigenvalue weighted by Gasteiger charge is 2.07. The number of nitrogens with zero attached hydrogens (tertiary/aromatic N) is 1. The average molecular weight is 294 g/mol. The van der Waals surface area contributed by atoms with E-state index in [9.17, 15) is 13.2 Å². The fraction of sp³-hybridized carbons (Fsp3) is 0.167. The summed E-state index contributed by atoms with van der Waals surface area (Å²) in [6, 6.07) is 6.03. The van der Waals surface area contributed by atoms with Gasteiger partial charge in [-0.2, -0.15) is 0 Å². The minimum atomic E-state index is -3.68. The van der Waals surface area contributed by atoms with Gasteiger partial charge in [-0.1, -0.05) is 12.1 Å². The van der Waals surface area contributed by atoms with Gasteiger partial charge in [0.15, 0.2) is 0 Å². The number of nitrogens with one attached hydrogen (secondary N) is 2. The van der Waals surface area contributed by atoms with Crippen molar-refractivity contribution in [3.05, 3.63) is 48.0 Å². The molecule has 20 heavy (non-hydrogen) atoms. The molecule has 8 heteroatoms. The van der Waals surface area contributed by atoms with Crippen LogP contribution in [0.1, 0.15) is 11.3 Å². The number of nitrogens with two attached hydrogens (primary N) is 1. The molecule has 0 fully saturated rings. The van der Waals surface area contributed by atoms with Crippen molar-refractivity contribution in [1.82, 2.24) is 15.3 Å². The fourth-order valence-electron chi connectivity index (χ4n) is 1.61. The SMILES string of the molecule is NS(=O)(=O)c1ccc(CNC(=O)Cc2cnc[nH]2)cc1. The van der Waals surface area contributed by atoms with Crippen LogP contribution in [0.3, 0.4) is 0 Å². The highest BCUT2D eigenvalue weighted by Crippen LogP contribution is 2.08. The van der Waals surface area contributed by atoms with Gasteiger partial charge in [0.2, 0.25) is 15.9 Å². The number of amides is 1. The minimum Gasteiger partial charge on any atom is -0.352 e. The van der Waals surface area contributed by atoms with Crippen molar-refractivity contribution in [2.45, 2.75) is 17.9 Å². The third kappa shape index (κ3) is 3.90. The maximum atomic E-state index is 11.6. The summed E-state index contributed by atoms with van der Waals surface area (Å²) in [6.07, 6.45) is 3.31. The molecule has 0 spiro atoms. The Kier molecular flexibility index (Phi) is 4.16. The molecule has 0 saturated carbocycles. The number of carbonyl (C=O) groups is 1. The number of carbonyl (C=O) groups excluding carboxylic acids is 1. The molecule has 0 bridgehead atoms. The Morgan fingerprint density at radius 1 is 1.30 bits per heavy atom. The first kappa shape index (κ1) is 14.2. The molecule has 0 aliphatic rings. The Hall–Kier alpha value is -2.19. The Labute approximate surface area is 116 Å². The van der Waals surface area contributed by atoms with Crippen LogP contribution in [0.5, 0.6) is 0 Å². The topological polar surface area (TPSA) is 118 Å². The first-order chi connectivity index (χ1) is 9.45. The van der Waals surface area contributed by atoms with Gasteiger partial charge < -0.3 is 10.3 Å². The number of aromatic amines is 1. The smallest absolute Gasteiger partial charge is 0.238 e. The van der Waals surface area contributed by atoms with E-state index >= 15 is 0 Å². The molecule has 0 unspecified atom stereocenters. The second-order valence-electron chi connectivity index (χ2n) is 4.22. The van der Waals surface area contributed by atoms with Gasteiger partial charge in [0, 0.05) is 18.4 Å². The summed E-state index contributed by atoms with van der Waals surface area (Å²) >= 11 is 0. The molecular formula is C12H14N4O3S. The van der Waals surface area contributed by atoms with E-state index in [1.807, 2.05) is 0 Å². The quantitative estimate of drug-likeness (QED) is 0.714. The number of H-pyrrole nitrogens is 1. The molecule has 1 amide bonds. The van der Waals surface area contributed by atoms with Crippen molar-refractivity contribution in [1.29, 1.82) is 0 Å². The highest BCUT2D eigenvalue weighted by molar-refractivity contribution is 7.89. The summed E-state index contributed by atoms with van der Waals surface area (Å²) in [6.45, 7) is 0.317. The van der Waals surface area contributed by atoms with Gasteiger partial charge in [-0.15, -0.1) is 0 Å². The highest BCUT2D eigenvalue weighted by atomic mass is 32.2. The van der Waals surface area contributed by atoms with E-state index in [4.69, 9.17) is 5.14 Å². The second-order valence-corrected chi connectivity index (χ2v) is 5.78. The number of primary sulfonamides is 1. The number of aromatic nitrogens is 2. The predicted octanol–water partition coefficient (Wildman–Crippen LogP) is -0.0840. The van der Waals surface area contributed by atoms with Gasteiger partial charge >= 0.3 is 0 Å². The number of benzene rings is 1. The van der Waals surface area contributed by atoms with Gasteiger partial charge in [-0.25, -0.2) is 18.5 Å². The molecule has 0 saturated heterocycles. The third-order valence-corrected chi connectivity index (χ3v) is 3.58. The molecule has 0 atom stereocenters. The standard InChI is InChI=1S/C12H14N4O3S/c13-20(18,19)11-3-1-9(2-4-11)6-15-12(17)5-10-7-14-8-16-10/h1-4,7-8H,5-6H2,(H,14,16)(H,15,17)(H2,13,18,19). The summed E-state index contributed by atoms with van der Waals surface area (Å²) in [5.41, 5.74) is 1.52. The van der Waals surface area contributed by atoms with Crippen molar-refractivity contribution >= 4 is 15.9 Å². The number of hydrogen-bond donors (Lipinski definition) is 3. The van der Waals surface area contributed by atoms with Crippen LogP contribution >= 0.6 is 0 Å². The lowest BCUT2D eigenvalue weighted by atomic mass is 10.2. The summed E-state index contributed by atoms with van der Waals surface area (Å²) in [5.74, 6) is -0.148. The Morgan fingerprint density at radius 2 is 2.00 bits per heavy atom. The van der Waals surface area contributed by atoms with Crippen LogP contribution in [-0.2, 0) is 27.8 Å². The van der Waals surface area contributed by atoms with Crippen LogP contribution < -0.4 is 10.5 Å². The normalized spacial score (nSPS) is 11.2. The van der Waals surface area contributed by atoms with E-state index in [-0.39, 0.29) is 17.2 Å². The molecule has 1 aromatic heterocycles. The van der Waals surface area contributed by atoms with Crippen molar-refractivity contribution in [2.75, 3.05) is 0 Å². The van der Waals surface area contributed by atoms with Crippen molar-refractivity contribution in [3.8, 4) is 0 Å². The lowest BCUT2D eigenvalue weighted by molar-refractivity contribution is -0.120. The van der Waals surface area contributed by atoms with Gasteiger partial charge in [-0.05, 0) is 17.7 Å². The van der Waals surface area contributed by atoms with Crippen LogP contribution in [0.2, 0.25) is 0 Å². The van der Waals surface area contributed by atoms with E-state index in [0.717, 1.165) is 11.3 Å². The van der Waals surface area contributed by atoms with E-state index in [0.29, 0.717) is 6.54 Å². The monoisotopic (exact) mass is 294 g/mol. The van der Waals surface area contributed by atoms with Crippen LogP contribution in [0.15, 0.2) is 41.7 Å². The predicted molar refractivity (Wildman–Crippen MR) is 72.0 cm³/mol. The molecule has 2 aromatic rings. The van der Waals surface area contributed by atoms with Gasteiger partial charge in [0.05, 0.1) is 17.6 Å². The maximum Gasteiger partial charge on any atom is 0.238 e. The van der Waals surface area contributed by atoms with E-state index < -0.39 is 10.0 Å². The Balaban J connectivity index is 1.89. The number of hydrogen-bond acceptors (Lipinski definition) is 4. The zero-order chi connectivity index (χ0) is 14.6. The molecule has 0 aliphatic carbocycles. The molecule has 0 radical (unpaired) electrons. The largest absolute Gasteiger partial charge is 0.352 e. The molecule has 1 aromatic carbocycles. The Morgan fingerprint density at radius 3 is 2.55 bits per heavy atom. The second kappa shape index (κ2) is 5.85. The summed E-state index contributed by atoms with van der Waals surface area (Å²) < 4.78 is 22.2. The summed E-state index contributed by atoms with van der Waals surface area (Å²) in [7, 11) is -3.68. The van der Waals surface area contributed by atoms with Gasteiger partial charge in [0.1, 0.15) is 0 Å². The van der Waals surface area contributed by atoms with E-state index in [1.165, 1.54) is 18.5 Å². The fourth-order valence-corrected chi connectivity index (χ4v) is 2.13. The molecule has 2 rings (SSSR count). The minimum absolute atomic E-state index is 0.0463. The van der Waals surface area contributed by atoms with Crippen molar-refractivity contribution < 1.29 is 13.2 Å². The zero-order valence-electron chi connectivity index (χ0n) is 10.5. The van der Waals surface area contributed by atoms with Gasteiger partial charge in [-0.3, -0.25) is 4.79 Å². The van der Waals surface area contributed by atoms with Crippen LogP contribution in [0.25, 0.3) is 0 Å². The average Bonchev–Trinajstić information content (AvgIpc) is 2.88. The molecule has 4 N–H and O–H groups in total. The molecule has 7 nitrogen and oxygen atoms in total. The van der Waals surface area contributed by atoms with E-state index in [2.05, 4.69) is 15.3 Å². The third-order valence-electron chi connectivity index (χ3n) is 2.65. The maximum absolute atomic E-state index is 11.6. The Bertz CT molecular complexity index is 678. The molecule has 106 valence electrons. The summed E-state index contributed by atoms with van der Waals surface area (Å²) in [5, 5.41) is 7.73.